The molecule has 1 atom stereocenters. The van der Waals surface area contributed by atoms with Crippen molar-refractivity contribution < 1.29 is 0 Å². The molecule has 2 N–H and O–H groups in total. The number of rotatable bonds is 5. The second-order valence-electron chi connectivity index (χ2n) is 4.01. The first-order chi connectivity index (χ1) is 8.17. The highest BCUT2D eigenvalue weighted by Gasteiger charge is 1.99. The highest BCUT2D eigenvalue weighted by molar-refractivity contribution is 7.13. The van der Waals surface area contributed by atoms with Crippen LogP contribution < -0.4 is 5.73 Å². The molecule has 0 bridgehead atoms. The van der Waals surface area contributed by atoms with E-state index in [-0.39, 0.29) is 0 Å². The van der Waals surface area contributed by atoms with Gasteiger partial charge >= 0.3 is 0 Å². The number of nitrogens with two attached hydrogens (primary N) is 1. The lowest BCUT2D eigenvalue weighted by Crippen LogP contribution is -1.92. The Bertz CT molecular complexity index is 424. The summed E-state index contributed by atoms with van der Waals surface area (Å²) < 4.78 is 0. The molecule has 1 aromatic rings. The Morgan fingerprint density at radius 2 is 2.18 bits per heavy atom. The number of thiophene rings is 1. The van der Waals surface area contributed by atoms with E-state index in [4.69, 9.17) is 5.73 Å². The highest BCUT2D eigenvalue weighted by atomic mass is 32.1. The third-order valence-corrected chi connectivity index (χ3v) is 3.76. The van der Waals surface area contributed by atoms with Gasteiger partial charge in [0.25, 0.3) is 0 Å². The van der Waals surface area contributed by atoms with E-state index < -0.39 is 0 Å². The molecule has 0 spiro atoms. The minimum Gasteiger partial charge on any atom is -0.398 e. The van der Waals surface area contributed by atoms with Crippen molar-refractivity contribution in [2.24, 2.45) is 11.7 Å². The minimum absolute atomic E-state index is 0.457. The first-order valence-corrected chi connectivity index (χ1v) is 6.84. The smallest absolute Gasteiger partial charge is 0.0502 e. The summed E-state index contributed by atoms with van der Waals surface area (Å²) in [6.07, 6.45) is 11.4. The normalized spacial score (nSPS) is 14.9. The van der Waals surface area contributed by atoms with Crippen molar-refractivity contribution >= 4 is 17.0 Å². The van der Waals surface area contributed by atoms with E-state index in [0.717, 1.165) is 17.0 Å². The van der Waals surface area contributed by atoms with Gasteiger partial charge in [0, 0.05) is 10.6 Å². The molecular weight excluding hydrogens is 226 g/mol. The SMILES string of the molecule is CC=CC(C)/C=C\C=C(/N)c1ccc(CC)s1. The molecule has 1 unspecified atom stereocenters. The lowest BCUT2D eigenvalue weighted by atomic mass is 10.1. The van der Waals surface area contributed by atoms with Gasteiger partial charge in [-0.25, -0.2) is 0 Å². The first kappa shape index (κ1) is 13.8. The zero-order valence-electron chi connectivity index (χ0n) is 10.8. The summed E-state index contributed by atoms with van der Waals surface area (Å²) in [7, 11) is 0. The quantitative estimate of drug-likeness (QED) is 0.606. The third-order valence-electron chi connectivity index (χ3n) is 2.48. The summed E-state index contributed by atoms with van der Waals surface area (Å²) in [5.74, 6) is 0.457. The van der Waals surface area contributed by atoms with Crippen LogP contribution in [0.15, 0.2) is 42.5 Å². The van der Waals surface area contributed by atoms with E-state index in [1.54, 1.807) is 11.3 Å². The molecule has 92 valence electrons. The molecule has 1 aromatic heterocycles. The Labute approximate surface area is 108 Å². The molecule has 0 fully saturated rings. The molecule has 0 aliphatic heterocycles. The number of hydrogen-bond acceptors (Lipinski definition) is 2. The predicted molar refractivity (Wildman–Crippen MR) is 79.0 cm³/mol. The molecule has 0 aromatic carbocycles. The van der Waals surface area contributed by atoms with Crippen molar-refractivity contribution in [3.63, 3.8) is 0 Å². The first-order valence-electron chi connectivity index (χ1n) is 6.03. The predicted octanol–water partition coefficient (Wildman–Crippen LogP) is 4.38. The van der Waals surface area contributed by atoms with E-state index in [0.29, 0.717) is 5.92 Å². The van der Waals surface area contributed by atoms with Crippen molar-refractivity contribution in [1.29, 1.82) is 0 Å². The molecule has 1 heterocycles. The number of allylic oxidation sites excluding steroid dienone is 5. The summed E-state index contributed by atoms with van der Waals surface area (Å²) in [6.45, 7) is 6.35. The Morgan fingerprint density at radius 1 is 1.41 bits per heavy atom. The maximum absolute atomic E-state index is 6.03. The minimum atomic E-state index is 0.457. The van der Waals surface area contributed by atoms with Crippen molar-refractivity contribution in [3.05, 3.63) is 52.3 Å². The lowest BCUT2D eigenvalue weighted by Gasteiger charge is -1.96. The van der Waals surface area contributed by atoms with Crippen LogP contribution >= 0.6 is 11.3 Å². The summed E-state index contributed by atoms with van der Waals surface area (Å²) >= 11 is 1.77. The van der Waals surface area contributed by atoms with Crippen LogP contribution in [0.3, 0.4) is 0 Å². The second-order valence-corrected chi connectivity index (χ2v) is 5.18. The van der Waals surface area contributed by atoms with Crippen molar-refractivity contribution in [2.45, 2.75) is 27.2 Å². The van der Waals surface area contributed by atoms with Crippen molar-refractivity contribution in [2.75, 3.05) is 0 Å². The number of aryl methyl sites for hydroxylation is 1. The van der Waals surface area contributed by atoms with Gasteiger partial charge < -0.3 is 5.73 Å². The summed E-state index contributed by atoms with van der Waals surface area (Å²) in [6, 6.07) is 4.24. The van der Waals surface area contributed by atoms with Crippen LogP contribution in [0, 0.1) is 5.92 Å². The fraction of sp³-hybridized carbons (Fsp3) is 0.333. The molecule has 0 radical (unpaired) electrons. The van der Waals surface area contributed by atoms with E-state index in [9.17, 15) is 0 Å². The van der Waals surface area contributed by atoms with E-state index >= 15 is 0 Å². The van der Waals surface area contributed by atoms with Crippen LogP contribution in [0.2, 0.25) is 0 Å². The Hall–Kier alpha value is -1.28. The average molecular weight is 247 g/mol. The Kier molecular flexibility index (Phi) is 5.78. The molecule has 1 nitrogen and oxygen atoms in total. The van der Waals surface area contributed by atoms with Crippen molar-refractivity contribution in [1.82, 2.24) is 0 Å². The second kappa shape index (κ2) is 7.13. The molecule has 0 saturated heterocycles. The van der Waals surface area contributed by atoms with Gasteiger partial charge in [-0.3, -0.25) is 0 Å². The molecule has 0 saturated carbocycles. The zero-order valence-corrected chi connectivity index (χ0v) is 11.6. The summed E-state index contributed by atoms with van der Waals surface area (Å²) in [5, 5.41) is 0. The van der Waals surface area contributed by atoms with Gasteiger partial charge in [0.1, 0.15) is 0 Å². The highest BCUT2D eigenvalue weighted by Crippen LogP contribution is 2.21. The van der Waals surface area contributed by atoms with Gasteiger partial charge in [-0.1, -0.05) is 38.2 Å². The van der Waals surface area contributed by atoms with Crippen LogP contribution in [0.5, 0.6) is 0 Å². The molecule has 2 heteroatoms. The topological polar surface area (TPSA) is 26.0 Å². The van der Waals surface area contributed by atoms with Crippen molar-refractivity contribution in [3.8, 4) is 0 Å². The van der Waals surface area contributed by atoms with Gasteiger partial charge in [-0.2, -0.15) is 0 Å². The van der Waals surface area contributed by atoms with Gasteiger partial charge in [-0.15, -0.1) is 11.3 Å². The standard InChI is InChI=1S/C15H21NS/c1-4-7-12(3)8-6-9-14(16)15-11-10-13(5-2)17-15/h4,6-12H,5,16H2,1-3H3/b7-4?,8-6-,14-9-. The lowest BCUT2D eigenvalue weighted by molar-refractivity contribution is 0.937. The molecule has 0 amide bonds. The largest absolute Gasteiger partial charge is 0.398 e. The van der Waals surface area contributed by atoms with E-state index in [1.807, 2.05) is 19.1 Å². The van der Waals surface area contributed by atoms with Gasteiger partial charge in [0.05, 0.1) is 4.88 Å². The van der Waals surface area contributed by atoms with Gasteiger partial charge in [-0.05, 0) is 37.5 Å². The number of hydrogen-bond donors (Lipinski definition) is 1. The van der Waals surface area contributed by atoms with Crippen LogP contribution in [0.25, 0.3) is 5.70 Å². The van der Waals surface area contributed by atoms with Crippen LogP contribution in [0.4, 0.5) is 0 Å². The van der Waals surface area contributed by atoms with Crippen LogP contribution in [-0.2, 0) is 6.42 Å². The van der Waals surface area contributed by atoms with Gasteiger partial charge in [0.2, 0.25) is 0 Å². The maximum Gasteiger partial charge on any atom is 0.0502 e. The summed E-state index contributed by atoms with van der Waals surface area (Å²) in [4.78, 5) is 2.54. The Morgan fingerprint density at radius 3 is 2.76 bits per heavy atom. The zero-order chi connectivity index (χ0) is 12.7. The van der Waals surface area contributed by atoms with Crippen LogP contribution in [-0.4, -0.2) is 0 Å². The molecule has 0 aliphatic rings. The molecular formula is C15H21NS. The molecule has 17 heavy (non-hydrogen) atoms. The molecule has 0 aliphatic carbocycles. The van der Waals surface area contributed by atoms with Gasteiger partial charge in [0.15, 0.2) is 0 Å². The summed E-state index contributed by atoms with van der Waals surface area (Å²) in [5.41, 5.74) is 6.87. The average Bonchev–Trinajstić information content (AvgIpc) is 2.77. The van der Waals surface area contributed by atoms with E-state index in [1.165, 1.54) is 4.88 Å². The fourth-order valence-electron chi connectivity index (χ4n) is 1.51. The third kappa shape index (κ3) is 4.61. The Balaban J connectivity index is 2.66. The monoisotopic (exact) mass is 247 g/mol. The fourth-order valence-corrected chi connectivity index (χ4v) is 2.39. The molecule has 1 rings (SSSR count). The van der Waals surface area contributed by atoms with E-state index in [2.05, 4.69) is 44.2 Å². The van der Waals surface area contributed by atoms with Crippen LogP contribution in [0.1, 0.15) is 30.5 Å². The maximum atomic E-state index is 6.03.